The van der Waals surface area contributed by atoms with Crippen molar-refractivity contribution in [2.24, 2.45) is 0 Å². The first-order chi connectivity index (χ1) is 14.6. The molecule has 6 heteroatoms. The minimum atomic E-state index is -0.393. The average molecular weight is 413 g/mol. The Morgan fingerprint density at radius 1 is 0.800 bits per heavy atom. The van der Waals surface area contributed by atoms with Crippen molar-refractivity contribution in [1.82, 2.24) is 4.57 Å². The normalized spacial score (nSPS) is 11.8. The van der Waals surface area contributed by atoms with Crippen molar-refractivity contribution < 1.29 is 9.34 Å². The third kappa shape index (κ3) is 2.18. The lowest BCUT2D eigenvalue weighted by atomic mass is 10.1. The van der Waals surface area contributed by atoms with E-state index < -0.39 is 4.92 Å². The summed E-state index contributed by atoms with van der Waals surface area (Å²) in [6.07, 6.45) is 0. The third-order valence-electron chi connectivity index (χ3n) is 5.56. The van der Waals surface area contributed by atoms with Crippen molar-refractivity contribution in [3.05, 3.63) is 94.0 Å². The predicted octanol–water partition coefficient (Wildman–Crippen LogP) is 7.24. The largest absolute Gasteiger partial charge is 0.456 e. The Bertz CT molecular complexity index is 1650. The second kappa shape index (κ2) is 6.08. The number of rotatable bonds is 2. The van der Waals surface area contributed by atoms with Crippen molar-refractivity contribution in [3.8, 4) is 5.69 Å². The van der Waals surface area contributed by atoms with Crippen LogP contribution in [0.5, 0.6) is 0 Å². The van der Waals surface area contributed by atoms with E-state index in [0.717, 1.165) is 43.7 Å². The first-order valence-corrected chi connectivity index (χ1v) is 9.79. The Morgan fingerprint density at radius 3 is 2.40 bits per heavy atom. The molecule has 2 aromatic heterocycles. The fraction of sp³-hybridized carbons (Fsp3) is 0. The lowest BCUT2D eigenvalue weighted by molar-refractivity contribution is -0.384. The third-order valence-corrected chi connectivity index (χ3v) is 5.87. The minimum Gasteiger partial charge on any atom is -0.456 e. The van der Waals surface area contributed by atoms with Crippen LogP contribution < -0.4 is 0 Å². The van der Waals surface area contributed by atoms with Crippen molar-refractivity contribution in [3.63, 3.8) is 0 Å². The molecule has 144 valence electrons. The molecule has 0 bridgehead atoms. The quantitative estimate of drug-likeness (QED) is 0.222. The second-order valence-electron chi connectivity index (χ2n) is 7.15. The molecule has 0 atom stereocenters. The zero-order chi connectivity index (χ0) is 20.4. The Morgan fingerprint density at radius 2 is 1.57 bits per heavy atom. The molecule has 0 amide bonds. The topological polar surface area (TPSA) is 61.2 Å². The van der Waals surface area contributed by atoms with Gasteiger partial charge in [0, 0.05) is 22.2 Å². The van der Waals surface area contributed by atoms with Crippen LogP contribution in [0.2, 0.25) is 5.02 Å². The molecule has 0 aliphatic rings. The molecule has 2 heterocycles. The van der Waals surface area contributed by atoms with E-state index in [1.165, 1.54) is 6.07 Å². The standard InChI is InChI=1S/C24H13ClN2O3/c25-17-8-5-10-19(27(28)29)24(17)26-18-9-3-1-6-14(18)15-12-13-21-22(23(15)26)16-7-2-4-11-20(16)30-21/h1-13H. The number of nitro benzene ring substituents is 1. The highest BCUT2D eigenvalue weighted by molar-refractivity contribution is 6.33. The van der Waals surface area contributed by atoms with E-state index in [1.807, 2.05) is 65.2 Å². The highest BCUT2D eigenvalue weighted by atomic mass is 35.5. The number of furan rings is 1. The second-order valence-corrected chi connectivity index (χ2v) is 7.56. The summed E-state index contributed by atoms with van der Waals surface area (Å²) in [6, 6.07) is 24.4. The van der Waals surface area contributed by atoms with Crippen LogP contribution >= 0.6 is 11.6 Å². The number of nitro groups is 1. The number of aromatic nitrogens is 1. The van der Waals surface area contributed by atoms with Crippen LogP contribution in [0.1, 0.15) is 0 Å². The summed E-state index contributed by atoms with van der Waals surface area (Å²) >= 11 is 6.56. The Kier molecular flexibility index (Phi) is 3.46. The maximum atomic E-state index is 11.9. The monoisotopic (exact) mass is 412 g/mol. The molecule has 6 rings (SSSR count). The SMILES string of the molecule is O=[N+]([O-])c1cccc(Cl)c1-n1c2ccccc2c2ccc3oc4ccccc4c3c21. The lowest BCUT2D eigenvalue weighted by Crippen LogP contribution is -2.01. The van der Waals surface area contributed by atoms with Gasteiger partial charge in [-0.05, 0) is 30.3 Å². The van der Waals surface area contributed by atoms with Crippen molar-refractivity contribution in [1.29, 1.82) is 0 Å². The smallest absolute Gasteiger partial charge is 0.294 e. The summed E-state index contributed by atoms with van der Waals surface area (Å²) in [7, 11) is 0. The first kappa shape index (κ1) is 17.1. The number of hydrogen-bond acceptors (Lipinski definition) is 3. The van der Waals surface area contributed by atoms with Crippen LogP contribution in [0.3, 0.4) is 0 Å². The van der Waals surface area contributed by atoms with Gasteiger partial charge in [0.2, 0.25) is 0 Å². The molecule has 0 fully saturated rings. The predicted molar refractivity (Wildman–Crippen MR) is 120 cm³/mol. The van der Waals surface area contributed by atoms with Gasteiger partial charge in [0.25, 0.3) is 5.69 Å². The molecular weight excluding hydrogens is 400 g/mol. The fourth-order valence-electron chi connectivity index (χ4n) is 4.37. The van der Waals surface area contributed by atoms with Crippen LogP contribution in [0, 0.1) is 10.1 Å². The number of halogens is 1. The molecule has 0 aliphatic carbocycles. The van der Waals surface area contributed by atoms with Crippen LogP contribution in [0.15, 0.2) is 83.3 Å². The Hall–Kier alpha value is -3.83. The van der Waals surface area contributed by atoms with Gasteiger partial charge >= 0.3 is 0 Å². The number of nitrogens with zero attached hydrogens (tertiary/aromatic N) is 2. The van der Waals surface area contributed by atoms with E-state index in [0.29, 0.717) is 10.7 Å². The van der Waals surface area contributed by atoms with E-state index in [9.17, 15) is 10.1 Å². The maximum absolute atomic E-state index is 11.9. The Balaban J connectivity index is 1.95. The van der Waals surface area contributed by atoms with E-state index in [1.54, 1.807) is 12.1 Å². The van der Waals surface area contributed by atoms with Crippen LogP contribution in [0.25, 0.3) is 49.4 Å². The summed E-state index contributed by atoms with van der Waals surface area (Å²) in [5, 5.41) is 16.0. The zero-order valence-corrected chi connectivity index (χ0v) is 16.3. The average Bonchev–Trinajstić information content (AvgIpc) is 3.29. The van der Waals surface area contributed by atoms with Gasteiger partial charge in [-0.15, -0.1) is 0 Å². The van der Waals surface area contributed by atoms with Crippen LogP contribution in [-0.4, -0.2) is 9.49 Å². The number of para-hydroxylation sites is 3. The molecule has 0 N–H and O–H groups in total. The van der Waals surface area contributed by atoms with Gasteiger partial charge in [0.15, 0.2) is 0 Å². The van der Waals surface area contributed by atoms with Crippen molar-refractivity contribution in [2.75, 3.05) is 0 Å². The molecule has 4 aromatic carbocycles. The number of benzene rings is 4. The van der Waals surface area contributed by atoms with Crippen LogP contribution in [-0.2, 0) is 0 Å². The highest BCUT2D eigenvalue weighted by Crippen LogP contribution is 2.43. The van der Waals surface area contributed by atoms with Gasteiger partial charge in [0.1, 0.15) is 16.9 Å². The van der Waals surface area contributed by atoms with Gasteiger partial charge in [-0.3, -0.25) is 10.1 Å². The molecule has 5 nitrogen and oxygen atoms in total. The highest BCUT2D eigenvalue weighted by Gasteiger charge is 2.25. The van der Waals surface area contributed by atoms with Crippen LogP contribution in [0.4, 0.5) is 5.69 Å². The minimum absolute atomic E-state index is 0.0463. The molecule has 30 heavy (non-hydrogen) atoms. The van der Waals surface area contributed by atoms with E-state index in [-0.39, 0.29) is 5.69 Å². The molecule has 0 saturated heterocycles. The van der Waals surface area contributed by atoms with Gasteiger partial charge in [-0.25, -0.2) is 0 Å². The van der Waals surface area contributed by atoms with E-state index in [2.05, 4.69) is 0 Å². The molecule has 0 radical (unpaired) electrons. The van der Waals surface area contributed by atoms with Gasteiger partial charge in [-0.1, -0.05) is 54.1 Å². The maximum Gasteiger partial charge on any atom is 0.294 e. The number of fused-ring (bicyclic) bond motifs is 7. The summed E-state index contributed by atoms with van der Waals surface area (Å²) in [4.78, 5) is 11.5. The molecule has 0 aliphatic heterocycles. The van der Waals surface area contributed by atoms with Gasteiger partial charge in [-0.2, -0.15) is 0 Å². The van der Waals surface area contributed by atoms with E-state index >= 15 is 0 Å². The van der Waals surface area contributed by atoms with Crippen molar-refractivity contribution in [2.45, 2.75) is 0 Å². The summed E-state index contributed by atoms with van der Waals surface area (Å²) in [6.45, 7) is 0. The molecule has 0 saturated carbocycles. The van der Waals surface area contributed by atoms with Gasteiger partial charge < -0.3 is 8.98 Å². The molecule has 0 unspecified atom stereocenters. The summed E-state index contributed by atoms with van der Waals surface area (Å²) in [5.74, 6) is 0. The fourth-order valence-corrected chi connectivity index (χ4v) is 4.62. The molecule has 6 aromatic rings. The summed E-state index contributed by atoms with van der Waals surface area (Å²) in [5.41, 5.74) is 3.49. The first-order valence-electron chi connectivity index (χ1n) is 9.42. The zero-order valence-electron chi connectivity index (χ0n) is 15.5. The van der Waals surface area contributed by atoms with Crippen molar-refractivity contribution >= 4 is 61.0 Å². The molecule has 0 spiro atoms. The summed E-state index contributed by atoms with van der Waals surface area (Å²) < 4.78 is 7.97. The van der Waals surface area contributed by atoms with E-state index in [4.69, 9.17) is 16.0 Å². The lowest BCUT2D eigenvalue weighted by Gasteiger charge is -2.11. The number of hydrogen-bond donors (Lipinski definition) is 0. The Labute approximate surface area is 174 Å². The molecular formula is C24H13ClN2O3. The van der Waals surface area contributed by atoms with Gasteiger partial charge in [0.05, 0.1) is 26.4 Å².